The number of benzene rings is 1. The van der Waals surface area contributed by atoms with Crippen LogP contribution >= 0.6 is 11.6 Å². The van der Waals surface area contributed by atoms with Crippen molar-refractivity contribution in [1.82, 2.24) is 19.7 Å². The van der Waals surface area contributed by atoms with Crippen molar-refractivity contribution in [3.05, 3.63) is 51.7 Å². The fraction of sp³-hybridized carbons (Fsp3) is 0.0833. The summed E-state index contributed by atoms with van der Waals surface area (Å²) in [6.45, 7) is 1.77. The fourth-order valence-corrected chi connectivity index (χ4v) is 2.21. The Hall–Kier alpha value is -2.14. The van der Waals surface area contributed by atoms with E-state index in [1.165, 1.54) is 4.57 Å². The molecule has 3 aromatic rings. The van der Waals surface area contributed by atoms with E-state index < -0.39 is 0 Å². The minimum Gasteiger partial charge on any atom is -0.268 e. The number of hydrogen-bond acceptors (Lipinski definition) is 3. The predicted molar refractivity (Wildman–Crippen MR) is 69.2 cm³/mol. The van der Waals surface area contributed by atoms with Gasteiger partial charge in [-0.15, -0.1) is 0 Å². The summed E-state index contributed by atoms with van der Waals surface area (Å²) in [6.07, 6.45) is 1.58. The summed E-state index contributed by atoms with van der Waals surface area (Å²) in [5, 5.41) is 7.40. The Morgan fingerprint density at radius 1 is 1.33 bits per heavy atom. The molecule has 3 rings (SSSR count). The molecule has 1 N–H and O–H groups in total. The molecule has 0 aliphatic rings. The molecule has 6 heteroatoms. The van der Waals surface area contributed by atoms with Crippen LogP contribution in [0.2, 0.25) is 5.02 Å². The summed E-state index contributed by atoms with van der Waals surface area (Å²) in [6, 6.07) is 6.93. The first kappa shape index (κ1) is 11.0. The minimum atomic E-state index is -0.202. The van der Waals surface area contributed by atoms with Crippen molar-refractivity contribution in [2.24, 2.45) is 0 Å². The van der Waals surface area contributed by atoms with Crippen LogP contribution in [0.25, 0.3) is 16.7 Å². The zero-order chi connectivity index (χ0) is 12.7. The lowest BCUT2D eigenvalue weighted by atomic mass is 10.2. The third-order valence-electron chi connectivity index (χ3n) is 2.74. The summed E-state index contributed by atoms with van der Waals surface area (Å²) < 4.78 is 1.46. The number of H-pyrrole nitrogens is 1. The van der Waals surface area contributed by atoms with Gasteiger partial charge in [0.15, 0.2) is 0 Å². The number of aryl methyl sites for hydroxylation is 1. The number of nitrogens with one attached hydrogen (secondary N) is 1. The van der Waals surface area contributed by atoms with Crippen molar-refractivity contribution in [1.29, 1.82) is 0 Å². The Bertz CT molecular complexity index is 777. The number of aromatic nitrogens is 4. The van der Waals surface area contributed by atoms with Gasteiger partial charge in [-0.2, -0.15) is 5.10 Å². The van der Waals surface area contributed by atoms with Crippen molar-refractivity contribution in [3.8, 4) is 5.82 Å². The van der Waals surface area contributed by atoms with Crippen molar-refractivity contribution < 1.29 is 0 Å². The largest absolute Gasteiger partial charge is 0.268 e. The molecule has 0 aliphatic carbocycles. The van der Waals surface area contributed by atoms with E-state index in [1.54, 1.807) is 37.4 Å². The highest BCUT2D eigenvalue weighted by Crippen LogP contribution is 2.19. The molecule has 5 nitrogen and oxygen atoms in total. The standard InChI is InChI=1S/C12H9ClN4O/c1-7-15-9-4-2-3-8(13)11(9)12(18)17(7)10-5-6-14-16-10/h2-6H,1H3,(H,14,16). The topological polar surface area (TPSA) is 63.6 Å². The lowest BCUT2D eigenvalue weighted by molar-refractivity contribution is 0.853. The van der Waals surface area contributed by atoms with Gasteiger partial charge in [0.2, 0.25) is 0 Å². The number of hydrogen-bond donors (Lipinski definition) is 1. The molecule has 0 bridgehead atoms. The van der Waals surface area contributed by atoms with E-state index >= 15 is 0 Å². The normalized spacial score (nSPS) is 11.0. The van der Waals surface area contributed by atoms with E-state index in [4.69, 9.17) is 11.6 Å². The molecule has 2 aromatic heterocycles. The molecule has 90 valence electrons. The van der Waals surface area contributed by atoms with Crippen molar-refractivity contribution in [3.63, 3.8) is 0 Å². The summed E-state index contributed by atoms with van der Waals surface area (Å²) in [7, 11) is 0. The number of halogens is 1. The third-order valence-corrected chi connectivity index (χ3v) is 3.06. The maximum Gasteiger partial charge on any atom is 0.268 e. The van der Waals surface area contributed by atoms with Gasteiger partial charge in [0.25, 0.3) is 5.56 Å². The zero-order valence-corrected chi connectivity index (χ0v) is 10.3. The van der Waals surface area contributed by atoms with Crippen LogP contribution in [0.4, 0.5) is 0 Å². The van der Waals surface area contributed by atoms with Crippen LogP contribution in [0.5, 0.6) is 0 Å². The molecule has 0 unspecified atom stereocenters. The van der Waals surface area contributed by atoms with E-state index in [1.807, 2.05) is 0 Å². The molecule has 0 amide bonds. The summed E-state index contributed by atoms with van der Waals surface area (Å²) >= 11 is 6.07. The van der Waals surface area contributed by atoms with Crippen molar-refractivity contribution in [2.75, 3.05) is 0 Å². The lowest BCUT2D eigenvalue weighted by Gasteiger charge is -2.08. The second-order valence-corrected chi connectivity index (χ2v) is 4.28. The van der Waals surface area contributed by atoms with Crippen LogP contribution in [-0.2, 0) is 0 Å². The summed E-state index contributed by atoms with van der Waals surface area (Å²) in [5.74, 6) is 1.16. The molecule has 18 heavy (non-hydrogen) atoms. The Balaban J connectivity index is 2.48. The Morgan fingerprint density at radius 2 is 2.17 bits per heavy atom. The van der Waals surface area contributed by atoms with Crippen LogP contribution < -0.4 is 5.56 Å². The van der Waals surface area contributed by atoms with Crippen LogP contribution in [0.3, 0.4) is 0 Å². The van der Waals surface area contributed by atoms with E-state index in [2.05, 4.69) is 15.2 Å². The number of rotatable bonds is 1. The number of nitrogens with zero attached hydrogens (tertiary/aromatic N) is 3. The molecule has 0 spiro atoms. The highest BCUT2D eigenvalue weighted by atomic mass is 35.5. The molecule has 2 heterocycles. The Kier molecular flexibility index (Phi) is 2.41. The van der Waals surface area contributed by atoms with E-state index in [0.29, 0.717) is 27.6 Å². The third kappa shape index (κ3) is 1.52. The summed E-state index contributed by atoms with van der Waals surface area (Å²) in [5.41, 5.74) is 0.396. The number of aromatic amines is 1. The molecule has 0 aliphatic heterocycles. The average molecular weight is 261 g/mol. The van der Waals surface area contributed by atoms with Crippen molar-refractivity contribution in [2.45, 2.75) is 6.92 Å². The predicted octanol–water partition coefficient (Wildman–Crippen LogP) is 2.07. The highest BCUT2D eigenvalue weighted by Gasteiger charge is 2.12. The van der Waals surface area contributed by atoms with Gasteiger partial charge in [-0.3, -0.25) is 9.89 Å². The van der Waals surface area contributed by atoms with Crippen LogP contribution in [0, 0.1) is 6.92 Å². The maximum absolute atomic E-state index is 12.5. The highest BCUT2D eigenvalue weighted by molar-refractivity contribution is 6.35. The first-order chi connectivity index (χ1) is 8.68. The van der Waals surface area contributed by atoms with Gasteiger partial charge in [-0.1, -0.05) is 17.7 Å². The van der Waals surface area contributed by atoms with E-state index in [0.717, 1.165) is 0 Å². The van der Waals surface area contributed by atoms with Crippen LogP contribution in [0.1, 0.15) is 5.82 Å². The molecule has 0 atom stereocenters. The first-order valence-corrected chi connectivity index (χ1v) is 5.74. The van der Waals surface area contributed by atoms with Gasteiger partial charge in [-0.05, 0) is 19.1 Å². The zero-order valence-electron chi connectivity index (χ0n) is 9.51. The van der Waals surface area contributed by atoms with Gasteiger partial charge >= 0.3 is 0 Å². The van der Waals surface area contributed by atoms with Gasteiger partial charge in [0.1, 0.15) is 11.6 Å². The fourth-order valence-electron chi connectivity index (χ4n) is 1.96. The Labute approximate surface area is 107 Å². The van der Waals surface area contributed by atoms with Gasteiger partial charge in [-0.25, -0.2) is 9.55 Å². The molecule has 0 radical (unpaired) electrons. The van der Waals surface area contributed by atoms with Gasteiger partial charge < -0.3 is 0 Å². The number of fused-ring (bicyclic) bond motifs is 1. The van der Waals surface area contributed by atoms with E-state index in [9.17, 15) is 4.79 Å². The second kappa shape index (κ2) is 3.96. The maximum atomic E-state index is 12.5. The minimum absolute atomic E-state index is 0.202. The van der Waals surface area contributed by atoms with Crippen molar-refractivity contribution >= 4 is 22.5 Å². The lowest BCUT2D eigenvalue weighted by Crippen LogP contribution is -2.22. The molecule has 1 aromatic carbocycles. The van der Waals surface area contributed by atoms with Gasteiger partial charge in [0, 0.05) is 6.07 Å². The molecule has 0 fully saturated rings. The quantitative estimate of drug-likeness (QED) is 0.728. The SMILES string of the molecule is Cc1nc2cccc(Cl)c2c(=O)n1-c1ccn[nH]1. The molecular weight excluding hydrogens is 252 g/mol. The molecule has 0 saturated carbocycles. The average Bonchev–Trinajstić information content (AvgIpc) is 2.82. The smallest absolute Gasteiger partial charge is 0.268 e. The first-order valence-electron chi connectivity index (χ1n) is 5.36. The Morgan fingerprint density at radius 3 is 2.89 bits per heavy atom. The van der Waals surface area contributed by atoms with Crippen LogP contribution in [-0.4, -0.2) is 19.7 Å². The molecule has 0 saturated heterocycles. The molecular formula is C12H9ClN4O. The van der Waals surface area contributed by atoms with E-state index in [-0.39, 0.29) is 5.56 Å². The van der Waals surface area contributed by atoms with Gasteiger partial charge in [0.05, 0.1) is 22.1 Å². The van der Waals surface area contributed by atoms with Crippen LogP contribution in [0.15, 0.2) is 35.3 Å². The monoisotopic (exact) mass is 260 g/mol. The second-order valence-electron chi connectivity index (χ2n) is 3.88. The summed E-state index contributed by atoms with van der Waals surface area (Å²) in [4.78, 5) is 16.8.